The predicted molar refractivity (Wildman–Crippen MR) is 71.6 cm³/mol. The first-order valence-electron chi connectivity index (χ1n) is 6.10. The number of aromatic nitrogens is 2. The standard InChI is InChI=1S/C13H14ClN3O2/c1-18-11(7-2-3-7)12-16-13(19-17-12)8-4-9(14)6-10(15)5-8/h4-7,11H,2-3,15H2,1H3. The molecule has 19 heavy (non-hydrogen) atoms. The van der Waals surface area contributed by atoms with Gasteiger partial charge in [-0.3, -0.25) is 0 Å². The zero-order valence-electron chi connectivity index (χ0n) is 10.5. The van der Waals surface area contributed by atoms with Crippen LogP contribution in [0.4, 0.5) is 5.69 Å². The van der Waals surface area contributed by atoms with Crippen molar-refractivity contribution in [1.82, 2.24) is 10.1 Å². The van der Waals surface area contributed by atoms with Gasteiger partial charge in [0.15, 0.2) is 0 Å². The number of benzene rings is 1. The van der Waals surface area contributed by atoms with Crippen LogP contribution in [0.15, 0.2) is 22.7 Å². The first-order valence-corrected chi connectivity index (χ1v) is 6.48. The Balaban J connectivity index is 1.91. The highest BCUT2D eigenvalue weighted by molar-refractivity contribution is 6.31. The SMILES string of the molecule is COC(c1noc(-c2cc(N)cc(Cl)c2)n1)C1CC1. The third-order valence-corrected chi connectivity index (χ3v) is 3.39. The van der Waals surface area contributed by atoms with Crippen LogP contribution in [0.5, 0.6) is 0 Å². The van der Waals surface area contributed by atoms with Crippen LogP contribution in [-0.4, -0.2) is 17.3 Å². The molecule has 0 radical (unpaired) electrons. The second kappa shape index (κ2) is 4.83. The van der Waals surface area contributed by atoms with E-state index in [0.29, 0.717) is 28.3 Å². The quantitative estimate of drug-likeness (QED) is 0.871. The molecule has 1 aliphatic carbocycles. The van der Waals surface area contributed by atoms with Gasteiger partial charge in [0.25, 0.3) is 5.89 Å². The highest BCUT2D eigenvalue weighted by Gasteiger charge is 2.35. The topological polar surface area (TPSA) is 74.2 Å². The van der Waals surface area contributed by atoms with Gasteiger partial charge < -0.3 is 15.0 Å². The van der Waals surface area contributed by atoms with Crippen molar-refractivity contribution in [2.24, 2.45) is 5.92 Å². The van der Waals surface area contributed by atoms with Crippen molar-refractivity contribution in [2.75, 3.05) is 12.8 Å². The molecule has 2 aromatic rings. The summed E-state index contributed by atoms with van der Waals surface area (Å²) >= 11 is 5.96. The molecule has 6 heteroatoms. The van der Waals surface area contributed by atoms with Crippen LogP contribution in [0.25, 0.3) is 11.5 Å². The Bertz CT molecular complexity index is 575. The molecule has 1 aromatic heterocycles. The highest BCUT2D eigenvalue weighted by atomic mass is 35.5. The Hall–Kier alpha value is -1.59. The number of ether oxygens (including phenoxy) is 1. The molecule has 2 N–H and O–H groups in total. The maximum atomic E-state index is 5.96. The van der Waals surface area contributed by atoms with Gasteiger partial charge in [0, 0.05) is 23.4 Å². The number of halogens is 1. The molecule has 1 saturated carbocycles. The summed E-state index contributed by atoms with van der Waals surface area (Å²) in [5.41, 5.74) is 7.03. The van der Waals surface area contributed by atoms with Crippen LogP contribution in [0.1, 0.15) is 24.8 Å². The summed E-state index contributed by atoms with van der Waals surface area (Å²) in [6, 6.07) is 5.17. The van der Waals surface area contributed by atoms with Gasteiger partial charge in [0.2, 0.25) is 5.82 Å². The number of nitrogens with zero attached hydrogens (tertiary/aromatic N) is 2. The largest absolute Gasteiger partial charge is 0.399 e. The number of hydrogen-bond donors (Lipinski definition) is 1. The van der Waals surface area contributed by atoms with Gasteiger partial charge in [-0.15, -0.1) is 0 Å². The number of hydrogen-bond acceptors (Lipinski definition) is 5. The van der Waals surface area contributed by atoms with E-state index in [1.54, 1.807) is 25.3 Å². The van der Waals surface area contributed by atoms with Crippen molar-refractivity contribution >= 4 is 17.3 Å². The van der Waals surface area contributed by atoms with Crippen LogP contribution < -0.4 is 5.73 Å². The Morgan fingerprint density at radius 2 is 2.21 bits per heavy atom. The normalized spacial score (nSPS) is 16.5. The number of methoxy groups -OCH3 is 1. The first-order chi connectivity index (χ1) is 9.17. The molecule has 0 bridgehead atoms. The van der Waals surface area contributed by atoms with E-state index in [9.17, 15) is 0 Å². The smallest absolute Gasteiger partial charge is 0.258 e. The van der Waals surface area contributed by atoms with Crippen molar-refractivity contribution < 1.29 is 9.26 Å². The molecule has 1 atom stereocenters. The molecular formula is C13H14ClN3O2. The second-order valence-electron chi connectivity index (χ2n) is 4.72. The van der Waals surface area contributed by atoms with E-state index in [1.807, 2.05) is 0 Å². The van der Waals surface area contributed by atoms with E-state index in [4.69, 9.17) is 26.6 Å². The fraction of sp³-hybridized carbons (Fsp3) is 0.385. The summed E-state index contributed by atoms with van der Waals surface area (Å²) in [6.45, 7) is 0. The Kier molecular flexibility index (Phi) is 3.16. The van der Waals surface area contributed by atoms with Crippen LogP contribution in [-0.2, 0) is 4.74 Å². The van der Waals surface area contributed by atoms with Gasteiger partial charge >= 0.3 is 0 Å². The van der Waals surface area contributed by atoms with Crippen LogP contribution in [0, 0.1) is 5.92 Å². The highest BCUT2D eigenvalue weighted by Crippen LogP contribution is 2.42. The molecular weight excluding hydrogens is 266 g/mol. The fourth-order valence-corrected chi connectivity index (χ4v) is 2.35. The van der Waals surface area contributed by atoms with Crippen LogP contribution in [0.2, 0.25) is 5.02 Å². The van der Waals surface area contributed by atoms with Crippen molar-refractivity contribution in [1.29, 1.82) is 0 Å². The van der Waals surface area contributed by atoms with Gasteiger partial charge in [0.05, 0.1) is 0 Å². The average Bonchev–Trinajstić information content (AvgIpc) is 3.06. The van der Waals surface area contributed by atoms with E-state index in [2.05, 4.69) is 10.1 Å². The van der Waals surface area contributed by atoms with Crippen LogP contribution in [0.3, 0.4) is 0 Å². The number of nitrogens with two attached hydrogens (primary N) is 1. The fourth-order valence-electron chi connectivity index (χ4n) is 2.11. The summed E-state index contributed by atoms with van der Waals surface area (Å²) in [5.74, 6) is 1.49. The lowest BCUT2D eigenvalue weighted by Crippen LogP contribution is -2.05. The Morgan fingerprint density at radius 1 is 1.42 bits per heavy atom. The van der Waals surface area contributed by atoms with Crippen molar-refractivity contribution in [3.63, 3.8) is 0 Å². The second-order valence-corrected chi connectivity index (χ2v) is 5.16. The molecule has 1 fully saturated rings. The molecule has 1 heterocycles. The lowest BCUT2D eigenvalue weighted by atomic mass is 10.2. The monoisotopic (exact) mass is 279 g/mol. The molecule has 3 rings (SSSR count). The van der Waals surface area contributed by atoms with E-state index >= 15 is 0 Å². The zero-order chi connectivity index (χ0) is 13.4. The van der Waals surface area contributed by atoms with Crippen molar-refractivity contribution in [3.05, 3.63) is 29.0 Å². The molecule has 0 amide bonds. The van der Waals surface area contributed by atoms with E-state index < -0.39 is 0 Å². The molecule has 0 saturated heterocycles. The maximum absolute atomic E-state index is 5.96. The molecule has 1 aromatic carbocycles. The molecule has 5 nitrogen and oxygen atoms in total. The predicted octanol–water partition coefficient (Wildman–Crippen LogP) is 3.07. The Labute approximate surface area is 115 Å². The van der Waals surface area contributed by atoms with E-state index in [1.165, 1.54) is 0 Å². The number of nitrogen functional groups attached to an aromatic ring is 1. The molecule has 0 spiro atoms. The number of anilines is 1. The molecule has 1 aliphatic rings. The first kappa shape index (κ1) is 12.4. The molecule has 100 valence electrons. The van der Waals surface area contributed by atoms with Gasteiger partial charge in [-0.25, -0.2) is 0 Å². The third kappa shape index (κ3) is 2.57. The van der Waals surface area contributed by atoms with Crippen molar-refractivity contribution in [2.45, 2.75) is 18.9 Å². The summed E-state index contributed by atoms with van der Waals surface area (Å²) in [4.78, 5) is 4.38. The van der Waals surface area contributed by atoms with Gasteiger partial charge in [-0.2, -0.15) is 4.98 Å². The minimum atomic E-state index is -0.0889. The van der Waals surface area contributed by atoms with Crippen LogP contribution >= 0.6 is 11.6 Å². The Morgan fingerprint density at radius 3 is 2.84 bits per heavy atom. The van der Waals surface area contributed by atoms with Gasteiger partial charge in [-0.05, 0) is 37.0 Å². The zero-order valence-corrected chi connectivity index (χ0v) is 11.2. The summed E-state index contributed by atoms with van der Waals surface area (Å²) in [7, 11) is 1.66. The molecule has 1 unspecified atom stereocenters. The van der Waals surface area contributed by atoms with Gasteiger partial charge in [-0.1, -0.05) is 16.8 Å². The average molecular weight is 280 g/mol. The lowest BCUT2D eigenvalue weighted by molar-refractivity contribution is 0.0751. The van der Waals surface area contributed by atoms with Crippen molar-refractivity contribution in [3.8, 4) is 11.5 Å². The van der Waals surface area contributed by atoms with E-state index in [-0.39, 0.29) is 6.10 Å². The van der Waals surface area contributed by atoms with E-state index in [0.717, 1.165) is 18.4 Å². The summed E-state index contributed by atoms with van der Waals surface area (Å²) in [5, 5.41) is 4.53. The minimum Gasteiger partial charge on any atom is -0.399 e. The maximum Gasteiger partial charge on any atom is 0.258 e. The summed E-state index contributed by atoms with van der Waals surface area (Å²) < 4.78 is 10.7. The molecule has 0 aliphatic heterocycles. The number of rotatable bonds is 4. The third-order valence-electron chi connectivity index (χ3n) is 3.17. The minimum absolute atomic E-state index is 0.0889. The summed E-state index contributed by atoms with van der Waals surface area (Å²) in [6.07, 6.45) is 2.20. The van der Waals surface area contributed by atoms with Gasteiger partial charge in [0.1, 0.15) is 6.10 Å². The lowest BCUT2D eigenvalue weighted by Gasteiger charge is -2.08.